The number of hydrogen-bond donors (Lipinski definition) is 1. The van der Waals surface area contributed by atoms with Crippen LogP contribution in [0.15, 0.2) is 40.3 Å². The molecule has 0 saturated carbocycles. The number of nitrogens with two attached hydrogens (primary N) is 1. The molecule has 2 aromatic rings. The van der Waals surface area contributed by atoms with Crippen molar-refractivity contribution in [3.05, 3.63) is 52.2 Å². The van der Waals surface area contributed by atoms with E-state index in [2.05, 4.69) is 24.0 Å². The van der Waals surface area contributed by atoms with E-state index in [9.17, 15) is 0 Å². The highest BCUT2D eigenvalue weighted by atomic mass is 35.5. The minimum absolute atomic E-state index is 0.464. The fourth-order valence-corrected chi connectivity index (χ4v) is 3.05. The van der Waals surface area contributed by atoms with Crippen molar-refractivity contribution in [2.75, 3.05) is 0 Å². The van der Waals surface area contributed by atoms with Crippen molar-refractivity contribution in [3.63, 3.8) is 0 Å². The lowest BCUT2D eigenvalue weighted by Crippen LogP contribution is -1.96. The van der Waals surface area contributed by atoms with E-state index in [0.717, 1.165) is 21.2 Å². The topological polar surface area (TPSA) is 38.9 Å². The lowest BCUT2D eigenvalue weighted by molar-refractivity contribution is 1.04. The van der Waals surface area contributed by atoms with Crippen molar-refractivity contribution in [2.24, 2.45) is 5.73 Å². The van der Waals surface area contributed by atoms with Crippen LogP contribution >= 0.6 is 23.4 Å². The van der Waals surface area contributed by atoms with E-state index in [4.69, 9.17) is 17.3 Å². The summed E-state index contributed by atoms with van der Waals surface area (Å²) in [7, 11) is 0. The number of rotatable bonds is 3. The van der Waals surface area contributed by atoms with Crippen LogP contribution in [-0.4, -0.2) is 4.98 Å². The number of nitrogens with zero attached hydrogens (tertiary/aromatic N) is 1. The highest BCUT2D eigenvalue weighted by Crippen LogP contribution is 2.30. The Balaban J connectivity index is 2.25. The summed E-state index contributed by atoms with van der Waals surface area (Å²) in [5.41, 5.74) is 8.80. The van der Waals surface area contributed by atoms with Crippen LogP contribution in [0.25, 0.3) is 0 Å². The molecule has 0 amide bonds. The van der Waals surface area contributed by atoms with Crippen LogP contribution < -0.4 is 5.73 Å². The Bertz CT molecular complexity index is 549. The second-order valence-electron chi connectivity index (χ2n) is 4.18. The molecule has 2 nitrogen and oxygen atoms in total. The highest BCUT2D eigenvalue weighted by Gasteiger charge is 2.04. The minimum Gasteiger partial charge on any atom is -0.326 e. The average molecular weight is 279 g/mol. The van der Waals surface area contributed by atoms with Gasteiger partial charge in [-0.2, -0.15) is 0 Å². The fraction of sp³-hybridized carbons (Fsp3) is 0.214. The predicted molar refractivity (Wildman–Crippen MR) is 77.2 cm³/mol. The molecule has 0 radical (unpaired) electrons. The van der Waals surface area contributed by atoms with Crippen LogP contribution in [0.5, 0.6) is 0 Å². The Hall–Kier alpha value is -1.03. The molecule has 0 fully saturated rings. The van der Waals surface area contributed by atoms with E-state index >= 15 is 0 Å². The summed E-state index contributed by atoms with van der Waals surface area (Å²) in [6.07, 6.45) is 0. The number of hydrogen-bond acceptors (Lipinski definition) is 3. The van der Waals surface area contributed by atoms with Gasteiger partial charge in [-0.3, -0.25) is 0 Å². The maximum absolute atomic E-state index is 6.14. The molecule has 18 heavy (non-hydrogen) atoms. The van der Waals surface area contributed by atoms with Gasteiger partial charge >= 0.3 is 0 Å². The molecule has 4 heteroatoms. The molecule has 1 aromatic carbocycles. The van der Waals surface area contributed by atoms with Gasteiger partial charge in [-0.05, 0) is 49.2 Å². The molecule has 0 aliphatic carbocycles. The zero-order chi connectivity index (χ0) is 13.1. The minimum atomic E-state index is 0.464. The van der Waals surface area contributed by atoms with Crippen molar-refractivity contribution >= 4 is 23.4 Å². The quantitative estimate of drug-likeness (QED) is 0.924. The lowest BCUT2D eigenvalue weighted by atomic mass is 10.2. The Morgan fingerprint density at radius 3 is 2.61 bits per heavy atom. The second kappa shape index (κ2) is 5.74. The van der Waals surface area contributed by atoms with Gasteiger partial charge in [-0.1, -0.05) is 29.4 Å². The van der Waals surface area contributed by atoms with E-state index in [1.807, 2.05) is 25.1 Å². The van der Waals surface area contributed by atoms with Gasteiger partial charge in [0.25, 0.3) is 0 Å². The first-order valence-corrected chi connectivity index (χ1v) is 6.89. The molecule has 0 spiro atoms. The molecule has 1 aromatic heterocycles. The maximum atomic E-state index is 6.14. The van der Waals surface area contributed by atoms with E-state index in [-0.39, 0.29) is 0 Å². The molecule has 0 bridgehead atoms. The summed E-state index contributed by atoms with van der Waals surface area (Å²) >= 11 is 7.76. The summed E-state index contributed by atoms with van der Waals surface area (Å²) in [5, 5.41) is 1.70. The van der Waals surface area contributed by atoms with E-state index < -0.39 is 0 Å². The van der Waals surface area contributed by atoms with Gasteiger partial charge < -0.3 is 5.73 Å². The van der Waals surface area contributed by atoms with Gasteiger partial charge in [-0.15, -0.1) is 0 Å². The third-order valence-electron chi connectivity index (χ3n) is 2.54. The normalized spacial score (nSPS) is 10.7. The van der Waals surface area contributed by atoms with Gasteiger partial charge in [-0.25, -0.2) is 4.98 Å². The summed E-state index contributed by atoms with van der Waals surface area (Å²) in [6.45, 7) is 4.54. The molecule has 0 atom stereocenters. The van der Waals surface area contributed by atoms with Crippen LogP contribution in [0.1, 0.15) is 16.8 Å². The van der Waals surface area contributed by atoms with Gasteiger partial charge in [0.05, 0.1) is 0 Å². The highest BCUT2D eigenvalue weighted by molar-refractivity contribution is 7.99. The van der Waals surface area contributed by atoms with E-state index in [1.165, 1.54) is 5.56 Å². The number of aromatic nitrogens is 1. The first-order chi connectivity index (χ1) is 8.58. The van der Waals surface area contributed by atoms with Gasteiger partial charge in [0.2, 0.25) is 0 Å². The molecule has 1 heterocycles. The van der Waals surface area contributed by atoms with Crippen LogP contribution in [0.4, 0.5) is 0 Å². The molecule has 0 saturated heterocycles. The monoisotopic (exact) mass is 278 g/mol. The predicted octanol–water partition coefficient (Wildman–Crippen LogP) is 3.96. The maximum Gasteiger partial charge on any atom is 0.101 e. The zero-order valence-corrected chi connectivity index (χ0v) is 12.0. The second-order valence-corrected chi connectivity index (χ2v) is 5.68. The first-order valence-electron chi connectivity index (χ1n) is 5.70. The summed E-state index contributed by atoms with van der Waals surface area (Å²) in [4.78, 5) is 5.58. The number of pyridine rings is 1. The molecule has 0 aliphatic rings. The van der Waals surface area contributed by atoms with Gasteiger partial charge in [0, 0.05) is 22.2 Å². The summed E-state index contributed by atoms with van der Waals surface area (Å²) < 4.78 is 0. The fourth-order valence-electron chi connectivity index (χ4n) is 1.73. The molecule has 94 valence electrons. The standard InChI is InChI=1S/C14H15ClN2S/c1-9-5-10(2)17-14(6-9)18-12-4-3-11(8-16)13(15)7-12/h3-7H,8,16H2,1-2H3. The number of halogens is 1. The molecule has 2 N–H and O–H groups in total. The van der Waals surface area contributed by atoms with Crippen LogP contribution in [0.2, 0.25) is 5.02 Å². The van der Waals surface area contributed by atoms with Crippen LogP contribution in [0.3, 0.4) is 0 Å². The van der Waals surface area contributed by atoms with Gasteiger partial charge in [0.1, 0.15) is 5.03 Å². The SMILES string of the molecule is Cc1cc(C)nc(Sc2ccc(CN)c(Cl)c2)c1. The molecular weight excluding hydrogens is 264 g/mol. The van der Waals surface area contributed by atoms with Crippen molar-refractivity contribution in [3.8, 4) is 0 Å². The number of benzene rings is 1. The molecular formula is C14H15ClN2S. The van der Waals surface area contributed by atoms with Crippen LogP contribution in [0, 0.1) is 13.8 Å². The third-order valence-corrected chi connectivity index (χ3v) is 3.80. The summed E-state index contributed by atoms with van der Waals surface area (Å²) in [5.74, 6) is 0. The Morgan fingerprint density at radius 2 is 2.00 bits per heavy atom. The van der Waals surface area contributed by atoms with Crippen molar-refractivity contribution in [2.45, 2.75) is 30.3 Å². The Kier molecular flexibility index (Phi) is 4.27. The van der Waals surface area contributed by atoms with Crippen LogP contribution in [-0.2, 0) is 6.54 Å². The van der Waals surface area contributed by atoms with Crippen molar-refractivity contribution in [1.82, 2.24) is 4.98 Å². The third kappa shape index (κ3) is 3.25. The summed E-state index contributed by atoms with van der Waals surface area (Å²) in [6, 6.07) is 10.1. The van der Waals surface area contributed by atoms with Crippen molar-refractivity contribution < 1.29 is 0 Å². The largest absolute Gasteiger partial charge is 0.326 e. The number of aryl methyl sites for hydroxylation is 2. The smallest absolute Gasteiger partial charge is 0.101 e. The Morgan fingerprint density at radius 1 is 1.22 bits per heavy atom. The van der Waals surface area contributed by atoms with E-state index in [0.29, 0.717) is 11.6 Å². The Labute approximate surface area is 117 Å². The van der Waals surface area contributed by atoms with Crippen molar-refractivity contribution in [1.29, 1.82) is 0 Å². The zero-order valence-electron chi connectivity index (χ0n) is 10.4. The van der Waals surface area contributed by atoms with E-state index in [1.54, 1.807) is 11.8 Å². The molecule has 2 rings (SSSR count). The average Bonchev–Trinajstić information content (AvgIpc) is 2.27. The first kappa shape index (κ1) is 13.4. The lowest BCUT2D eigenvalue weighted by Gasteiger charge is -2.06. The molecule has 0 aliphatic heterocycles. The molecule has 0 unspecified atom stereocenters. The van der Waals surface area contributed by atoms with Gasteiger partial charge in [0.15, 0.2) is 0 Å².